The zero-order valence-electron chi connectivity index (χ0n) is 6.70. The number of nitrogens with one attached hydrogen (secondary N) is 1. The van der Waals surface area contributed by atoms with E-state index < -0.39 is 0 Å². The molecule has 1 unspecified atom stereocenters. The van der Waals surface area contributed by atoms with Gasteiger partial charge in [-0.05, 0) is 19.4 Å². The van der Waals surface area contributed by atoms with Crippen LogP contribution in [-0.4, -0.2) is 9.97 Å². The Bertz CT molecular complexity index is 218. The molecule has 0 saturated heterocycles. The first-order chi connectivity index (χ1) is 5.24. The van der Waals surface area contributed by atoms with Crippen LogP contribution >= 0.6 is 0 Å². The Balaban J connectivity index is 2.81. The third-order valence-corrected chi connectivity index (χ3v) is 1.44. The van der Waals surface area contributed by atoms with E-state index in [9.17, 15) is 0 Å². The van der Waals surface area contributed by atoms with Crippen molar-refractivity contribution in [2.75, 3.05) is 0 Å². The average molecular weight is 152 g/mol. The van der Waals surface area contributed by atoms with E-state index >= 15 is 0 Å². The van der Waals surface area contributed by atoms with E-state index in [0.29, 0.717) is 0 Å². The van der Waals surface area contributed by atoms with E-state index in [0.717, 1.165) is 11.4 Å². The molecule has 3 N–H and O–H groups in total. The van der Waals surface area contributed by atoms with E-state index in [1.807, 2.05) is 13.8 Å². The minimum atomic E-state index is 0.00981. The maximum atomic E-state index is 5.21. The Hall–Kier alpha value is -1.00. The fourth-order valence-electron chi connectivity index (χ4n) is 0.701. The van der Waals surface area contributed by atoms with Crippen LogP contribution < -0.4 is 11.3 Å². The van der Waals surface area contributed by atoms with Gasteiger partial charge in [0, 0.05) is 12.4 Å². The van der Waals surface area contributed by atoms with Crippen molar-refractivity contribution >= 4 is 0 Å². The maximum absolute atomic E-state index is 5.21. The molecule has 0 bridgehead atoms. The maximum Gasteiger partial charge on any atom is 0.146 e. The van der Waals surface area contributed by atoms with Crippen molar-refractivity contribution in [2.45, 2.75) is 19.9 Å². The number of nitrogens with two attached hydrogens (primary N) is 1. The summed E-state index contributed by atoms with van der Waals surface area (Å²) >= 11 is 0. The number of nitrogens with zero attached hydrogens (tertiary/aromatic N) is 2. The van der Waals surface area contributed by atoms with Crippen molar-refractivity contribution < 1.29 is 0 Å². The van der Waals surface area contributed by atoms with Gasteiger partial charge in [0.25, 0.3) is 0 Å². The lowest BCUT2D eigenvalue weighted by molar-refractivity contribution is 0.568. The molecule has 1 aromatic rings. The van der Waals surface area contributed by atoms with E-state index in [-0.39, 0.29) is 6.04 Å². The van der Waals surface area contributed by atoms with Gasteiger partial charge in [0.05, 0.1) is 6.04 Å². The van der Waals surface area contributed by atoms with Gasteiger partial charge in [-0.2, -0.15) is 0 Å². The van der Waals surface area contributed by atoms with Gasteiger partial charge >= 0.3 is 0 Å². The molecule has 60 valence electrons. The molecule has 11 heavy (non-hydrogen) atoms. The molecule has 1 rings (SSSR count). The average Bonchev–Trinajstić information content (AvgIpc) is 2.05. The summed E-state index contributed by atoms with van der Waals surface area (Å²) in [7, 11) is 0. The molecule has 0 aliphatic heterocycles. The van der Waals surface area contributed by atoms with Crippen LogP contribution in [0.2, 0.25) is 0 Å². The molecule has 4 heteroatoms. The number of hydrogen-bond donors (Lipinski definition) is 2. The van der Waals surface area contributed by atoms with Gasteiger partial charge in [-0.1, -0.05) is 0 Å². The Labute approximate surface area is 65.8 Å². The van der Waals surface area contributed by atoms with E-state index in [1.54, 1.807) is 12.4 Å². The first kappa shape index (κ1) is 8.10. The lowest BCUT2D eigenvalue weighted by Gasteiger charge is -2.06. The molecule has 1 aromatic heterocycles. The van der Waals surface area contributed by atoms with Gasteiger partial charge in [0.15, 0.2) is 0 Å². The van der Waals surface area contributed by atoms with Crippen LogP contribution in [0.4, 0.5) is 0 Å². The minimum absolute atomic E-state index is 0.00981. The standard InChI is InChI=1S/C7H12N4/c1-5-3-9-7(10-4-5)6(2)11-8/h3-4,6,11H,8H2,1-2H3. The predicted octanol–water partition coefficient (Wildman–Crippen LogP) is 0.309. The molecule has 0 radical (unpaired) electrons. The number of aryl methyl sites for hydroxylation is 1. The summed E-state index contributed by atoms with van der Waals surface area (Å²) in [5, 5.41) is 0. The highest BCUT2D eigenvalue weighted by Gasteiger charge is 2.03. The Morgan fingerprint density at radius 2 is 2.00 bits per heavy atom. The number of hydrazine groups is 1. The second-order valence-electron chi connectivity index (χ2n) is 2.51. The summed E-state index contributed by atoms with van der Waals surface area (Å²) in [6, 6.07) is 0.00981. The lowest BCUT2D eigenvalue weighted by atomic mass is 10.3. The molecule has 0 fully saturated rings. The van der Waals surface area contributed by atoms with Gasteiger partial charge in [-0.25, -0.2) is 9.97 Å². The first-order valence-electron chi connectivity index (χ1n) is 3.48. The topological polar surface area (TPSA) is 63.8 Å². The molecule has 0 aliphatic rings. The van der Waals surface area contributed by atoms with Crippen molar-refractivity contribution in [1.82, 2.24) is 15.4 Å². The third kappa shape index (κ3) is 1.96. The molecule has 0 spiro atoms. The second kappa shape index (κ2) is 3.41. The van der Waals surface area contributed by atoms with Crippen LogP contribution in [0.3, 0.4) is 0 Å². The fraction of sp³-hybridized carbons (Fsp3) is 0.429. The fourth-order valence-corrected chi connectivity index (χ4v) is 0.701. The van der Waals surface area contributed by atoms with Gasteiger partial charge in [-0.3, -0.25) is 11.3 Å². The van der Waals surface area contributed by atoms with Gasteiger partial charge in [0.2, 0.25) is 0 Å². The summed E-state index contributed by atoms with van der Waals surface area (Å²) in [6.07, 6.45) is 3.55. The monoisotopic (exact) mass is 152 g/mol. The normalized spacial score (nSPS) is 13.0. The van der Waals surface area contributed by atoms with Crippen molar-refractivity contribution in [1.29, 1.82) is 0 Å². The summed E-state index contributed by atoms with van der Waals surface area (Å²) < 4.78 is 0. The van der Waals surface area contributed by atoms with E-state index in [1.165, 1.54) is 0 Å². The van der Waals surface area contributed by atoms with Crippen LogP contribution in [0.1, 0.15) is 24.4 Å². The Morgan fingerprint density at radius 1 is 1.45 bits per heavy atom. The molecular weight excluding hydrogens is 140 g/mol. The first-order valence-corrected chi connectivity index (χ1v) is 3.48. The number of aromatic nitrogens is 2. The third-order valence-electron chi connectivity index (χ3n) is 1.44. The largest absolute Gasteiger partial charge is 0.271 e. The summed E-state index contributed by atoms with van der Waals surface area (Å²) in [4.78, 5) is 8.19. The summed E-state index contributed by atoms with van der Waals surface area (Å²) in [5.74, 6) is 5.93. The summed E-state index contributed by atoms with van der Waals surface area (Å²) in [5.41, 5.74) is 3.63. The number of hydrogen-bond acceptors (Lipinski definition) is 4. The molecule has 0 amide bonds. The van der Waals surface area contributed by atoms with Crippen molar-refractivity contribution in [3.63, 3.8) is 0 Å². The smallest absolute Gasteiger partial charge is 0.146 e. The quantitative estimate of drug-likeness (QED) is 0.473. The van der Waals surface area contributed by atoms with Crippen molar-refractivity contribution in [3.8, 4) is 0 Å². The highest BCUT2D eigenvalue weighted by Crippen LogP contribution is 2.03. The van der Waals surface area contributed by atoms with Gasteiger partial charge in [-0.15, -0.1) is 0 Å². The lowest BCUT2D eigenvalue weighted by Crippen LogP contribution is -2.27. The highest BCUT2D eigenvalue weighted by atomic mass is 15.2. The van der Waals surface area contributed by atoms with E-state index in [4.69, 9.17) is 5.84 Å². The zero-order valence-corrected chi connectivity index (χ0v) is 6.70. The molecule has 1 heterocycles. The van der Waals surface area contributed by atoms with Crippen LogP contribution in [0.15, 0.2) is 12.4 Å². The predicted molar refractivity (Wildman–Crippen MR) is 42.5 cm³/mol. The van der Waals surface area contributed by atoms with Crippen molar-refractivity contribution in [3.05, 3.63) is 23.8 Å². The van der Waals surface area contributed by atoms with Crippen LogP contribution in [0.25, 0.3) is 0 Å². The molecule has 1 atom stereocenters. The Morgan fingerprint density at radius 3 is 2.45 bits per heavy atom. The second-order valence-corrected chi connectivity index (χ2v) is 2.51. The number of rotatable bonds is 2. The van der Waals surface area contributed by atoms with Crippen LogP contribution in [0, 0.1) is 6.92 Å². The molecule has 0 aliphatic carbocycles. The molecule has 4 nitrogen and oxygen atoms in total. The highest BCUT2D eigenvalue weighted by molar-refractivity contribution is 5.03. The van der Waals surface area contributed by atoms with Crippen molar-refractivity contribution in [2.24, 2.45) is 5.84 Å². The van der Waals surface area contributed by atoms with Gasteiger partial charge in [0.1, 0.15) is 5.82 Å². The van der Waals surface area contributed by atoms with Crippen LogP contribution in [0.5, 0.6) is 0 Å². The Kier molecular flexibility index (Phi) is 2.51. The zero-order chi connectivity index (χ0) is 8.27. The van der Waals surface area contributed by atoms with Gasteiger partial charge < -0.3 is 0 Å². The molecule has 0 saturated carbocycles. The summed E-state index contributed by atoms with van der Waals surface area (Å²) in [6.45, 7) is 3.86. The SMILES string of the molecule is Cc1cnc(C(C)NN)nc1. The molecular formula is C7H12N4. The van der Waals surface area contributed by atoms with E-state index in [2.05, 4.69) is 15.4 Å². The minimum Gasteiger partial charge on any atom is -0.271 e. The van der Waals surface area contributed by atoms with Crippen LogP contribution in [-0.2, 0) is 0 Å². The molecule has 0 aromatic carbocycles.